The van der Waals surface area contributed by atoms with Crippen LogP contribution < -0.4 is 4.74 Å². The van der Waals surface area contributed by atoms with Crippen LogP contribution in [0.2, 0.25) is 0 Å². The Balaban J connectivity index is 1.73. The Labute approximate surface area is 185 Å². The molecule has 31 heavy (non-hydrogen) atoms. The molecule has 0 bridgehead atoms. The Morgan fingerprint density at radius 3 is 2.45 bits per heavy atom. The quantitative estimate of drug-likeness (QED) is 0.682. The average molecular weight is 435 g/mol. The number of carbonyl (C=O) groups excluding carboxylic acids is 1. The van der Waals surface area contributed by atoms with Crippen LogP contribution in [0.4, 0.5) is 0 Å². The molecular weight excluding hydrogens is 396 g/mol. The fourth-order valence-corrected chi connectivity index (χ4v) is 4.70. The molecule has 2 N–H and O–H groups in total. The smallest absolute Gasteiger partial charge is 0.248 e. The van der Waals surface area contributed by atoms with E-state index in [2.05, 4.69) is 4.90 Å². The molecule has 2 fully saturated rings. The molecular formula is C24H38N2O5. The van der Waals surface area contributed by atoms with Crippen molar-refractivity contribution in [3.8, 4) is 5.75 Å². The number of nitrogens with zero attached hydrogens (tertiary/aromatic N) is 2. The van der Waals surface area contributed by atoms with Gasteiger partial charge in [-0.3, -0.25) is 9.69 Å². The van der Waals surface area contributed by atoms with E-state index < -0.39 is 11.2 Å². The van der Waals surface area contributed by atoms with Crippen molar-refractivity contribution >= 4 is 5.91 Å². The van der Waals surface area contributed by atoms with Crippen LogP contribution in [0.1, 0.15) is 43.2 Å². The number of amides is 1. The second kappa shape index (κ2) is 10.3. The van der Waals surface area contributed by atoms with Crippen molar-refractivity contribution in [2.75, 3.05) is 53.0 Å². The van der Waals surface area contributed by atoms with Gasteiger partial charge in [-0.25, -0.2) is 0 Å². The van der Waals surface area contributed by atoms with Gasteiger partial charge in [0.15, 0.2) is 0 Å². The lowest BCUT2D eigenvalue weighted by molar-refractivity contribution is -0.138. The Morgan fingerprint density at radius 1 is 1.03 bits per heavy atom. The van der Waals surface area contributed by atoms with E-state index >= 15 is 0 Å². The van der Waals surface area contributed by atoms with Gasteiger partial charge in [0.1, 0.15) is 24.6 Å². The minimum Gasteiger partial charge on any atom is -0.490 e. The summed E-state index contributed by atoms with van der Waals surface area (Å²) < 4.78 is 11.0. The molecule has 174 valence electrons. The van der Waals surface area contributed by atoms with Crippen LogP contribution in [0.5, 0.6) is 5.75 Å². The lowest BCUT2D eigenvalue weighted by Gasteiger charge is -2.38. The third-order valence-corrected chi connectivity index (χ3v) is 6.60. The zero-order valence-corrected chi connectivity index (χ0v) is 19.2. The van der Waals surface area contributed by atoms with Crippen molar-refractivity contribution in [1.29, 1.82) is 0 Å². The number of hydrogen-bond acceptors (Lipinski definition) is 6. The minimum absolute atomic E-state index is 0.0158. The Hall–Kier alpha value is -1.67. The largest absolute Gasteiger partial charge is 0.490 e. The number of ether oxygens (including phenoxy) is 2. The van der Waals surface area contributed by atoms with Gasteiger partial charge in [0, 0.05) is 33.3 Å². The lowest BCUT2D eigenvalue weighted by atomic mass is 9.84. The third-order valence-electron chi connectivity index (χ3n) is 6.60. The number of hydrogen-bond donors (Lipinski definition) is 2. The fourth-order valence-electron chi connectivity index (χ4n) is 4.70. The van der Waals surface area contributed by atoms with E-state index in [4.69, 9.17) is 9.47 Å². The molecule has 1 heterocycles. The van der Waals surface area contributed by atoms with E-state index in [0.717, 1.165) is 37.7 Å². The highest BCUT2D eigenvalue weighted by Gasteiger charge is 2.40. The van der Waals surface area contributed by atoms with Gasteiger partial charge in [-0.05, 0) is 49.9 Å². The van der Waals surface area contributed by atoms with Gasteiger partial charge < -0.3 is 24.6 Å². The van der Waals surface area contributed by atoms with Crippen molar-refractivity contribution in [3.63, 3.8) is 0 Å². The highest BCUT2D eigenvalue weighted by molar-refractivity contribution is 5.77. The normalized spacial score (nSPS) is 24.6. The summed E-state index contributed by atoms with van der Waals surface area (Å²) in [5.74, 6) is 0.554. The Bertz CT molecular complexity index is 749. The monoisotopic (exact) mass is 434 g/mol. The maximum atomic E-state index is 12.5. The van der Waals surface area contributed by atoms with Crippen molar-refractivity contribution < 1.29 is 24.5 Å². The highest BCUT2D eigenvalue weighted by atomic mass is 16.5. The molecule has 0 radical (unpaired) electrons. The van der Waals surface area contributed by atoms with Crippen LogP contribution in [0.15, 0.2) is 18.2 Å². The van der Waals surface area contributed by atoms with Crippen LogP contribution in [-0.4, -0.2) is 90.2 Å². The van der Waals surface area contributed by atoms with Gasteiger partial charge in [0.05, 0.1) is 12.1 Å². The van der Waals surface area contributed by atoms with Gasteiger partial charge in [-0.15, -0.1) is 0 Å². The molecule has 1 saturated heterocycles. The average Bonchev–Trinajstić information content (AvgIpc) is 2.88. The Kier molecular flexibility index (Phi) is 7.97. The maximum Gasteiger partial charge on any atom is 0.248 e. The van der Waals surface area contributed by atoms with Crippen molar-refractivity contribution in [1.82, 2.24) is 9.80 Å². The molecule has 1 atom stereocenters. The standard InChI is InChI=1S/C24H38N2O5/c1-19-7-8-21(13-20(19)2)31-18-24(29)16-25(15-23(28)9-5-4-6-10-23)11-12-26(17-24)22(27)14-30-3/h7-8,13,28-29H,4-6,9-12,14-18H2,1-3H3/t24-/m0/s1. The summed E-state index contributed by atoms with van der Waals surface area (Å²) in [6, 6.07) is 5.87. The minimum atomic E-state index is -1.25. The molecule has 3 rings (SSSR count). The molecule has 1 saturated carbocycles. The molecule has 2 aliphatic rings. The molecule has 7 nitrogen and oxygen atoms in total. The fraction of sp³-hybridized carbons (Fsp3) is 0.708. The number of benzene rings is 1. The lowest BCUT2D eigenvalue weighted by Crippen LogP contribution is -2.54. The second-order valence-corrected chi connectivity index (χ2v) is 9.50. The van der Waals surface area contributed by atoms with Gasteiger partial charge >= 0.3 is 0 Å². The molecule has 0 aromatic heterocycles. The summed E-state index contributed by atoms with van der Waals surface area (Å²) in [6.07, 6.45) is 4.79. The van der Waals surface area contributed by atoms with Crippen molar-refractivity contribution in [3.05, 3.63) is 29.3 Å². The summed E-state index contributed by atoms with van der Waals surface area (Å²) in [5, 5.41) is 22.6. The number of aliphatic hydroxyl groups is 2. The molecule has 0 unspecified atom stereocenters. The molecule has 7 heteroatoms. The SMILES string of the molecule is COCC(=O)N1CCN(CC2(O)CCCCC2)C[C@@](O)(COc2ccc(C)c(C)c2)C1. The summed E-state index contributed by atoms with van der Waals surface area (Å²) in [5.41, 5.74) is 0.343. The molecule has 1 amide bonds. The first kappa shape index (κ1) is 24.0. The third kappa shape index (κ3) is 6.65. The summed E-state index contributed by atoms with van der Waals surface area (Å²) in [7, 11) is 1.50. The molecule has 1 aliphatic carbocycles. The van der Waals surface area contributed by atoms with Gasteiger partial charge in [0.2, 0.25) is 5.91 Å². The predicted octanol–water partition coefficient (Wildman–Crippen LogP) is 1.90. The maximum absolute atomic E-state index is 12.5. The zero-order chi connectivity index (χ0) is 22.5. The first-order chi connectivity index (χ1) is 14.7. The van der Waals surface area contributed by atoms with Crippen molar-refractivity contribution in [2.24, 2.45) is 0 Å². The van der Waals surface area contributed by atoms with Gasteiger partial charge in [-0.2, -0.15) is 0 Å². The summed E-state index contributed by atoms with van der Waals surface area (Å²) >= 11 is 0. The van der Waals surface area contributed by atoms with E-state index in [1.54, 1.807) is 4.90 Å². The summed E-state index contributed by atoms with van der Waals surface area (Å²) in [4.78, 5) is 16.3. The van der Waals surface area contributed by atoms with Crippen molar-refractivity contribution in [2.45, 2.75) is 57.2 Å². The molecule has 1 aliphatic heterocycles. The molecule has 1 aromatic rings. The van der Waals surface area contributed by atoms with E-state index in [9.17, 15) is 15.0 Å². The van der Waals surface area contributed by atoms with Crippen LogP contribution in [0.25, 0.3) is 0 Å². The van der Waals surface area contributed by atoms with E-state index in [1.807, 2.05) is 32.0 Å². The first-order valence-electron chi connectivity index (χ1n) is 11.4. The van der Waals surface area contributed by atoms with Crippen LogP contribution in [0, 0.1) is 13.8 Å². The zero-order valence-electron chi connectivity index (χ0n) is 19.2. The number of methoxy groups -OCH3 is 1. The second-order valence-electron chi connectivity index (χ2n) is 9.50. The van der Waals surface area contributed by atoms with E-state index in [-0.39, 0.29) is 25.7 Å². The van der Waals surface area contributed by atoms with Crippen LogP contribution in [-0.2, 0) is 9.53 Å². The highest BCUT2D eigenvalue weighted by Crippen LogP contribution is 2.30. The van der Waals surface area contributed by atoms with Crippen LogP contribution in [0.3, 0.4) is 0 Å². The first-order valence-corrected chi connectivity index (χ1v) is 11.4. The number of aryl methyl sites for hydroxylation is 2. The summed E-state index contributed by atoms with van der Waals surface area (Å²) in [6.45, 7) is 6.25. The predicted molar refractivity (Wildman–Crippen MR) is 119 cm³/mol. The van der Waals surface area contributed by atoms with Gasteiger partial charge in [0.25, 0.3) is 0 Å². The Morgan fingerprint density at radius 2 is 1.77 bits per heavy atom. The van der Waals surface area contributed by atoms with Crippen LogP contribution >= 0.6 is 0 Å². The number of β-amino-alcohol motifs (C(OH)–C–C–N with tert-alkyl or cyclic N) is 2. The van der Waals surface area contributed by atoms with E-state index in [1.165, 1.54) is 12.7 Å². The topological polar surface area (TPSA) is 82.5 Å². The number of carbonyl (C=O) groups is 1. The molecule has 0 spiro atoms. The number of rotatable bonds is 7. The van der Waals surface area contributed by atoms with E-state index in [0.29, 0.717) is 31.9 Å². The molecule has 1 aromatic carbocycles. The van der Waals surface area contributed by atoms with Gasteiger partial charge in [-0.1, -0.05) is 25.3 Å².